The number of hydrogen-bond donors (Lipinski definition) is 2. The zero-order chi connectivity index (χ0) is 17.8. The topological polar surface area (TPSA) is 94.0 Å². The third kappa shape index (κ3) is 3.85. The molecule has 0 radical (unpaired) electrons. The summed E-state index contributed by atoms with van der Waals surface area (Å²) in [5.41, 5.74) is 7.51. The van der Waals surface area contributed by atoms with Crippen LogP contribution in [0.25, 0.3) is 11.5 Å². The number of nitrogen functional groups attached to an aromatic ring is 1. The minimum absolute atomic E-state index is 0.0319. The third-order valence-electron chi connectivity index (χ3n) is 3.88. The van der Waals surface area contributed by atoms with Crippen LogP contribution < -0.4 is 11.1 Å². The predicted octanol–water partition coefficient (Wildman–Crippen LogP) is 3.51. The number of carbonyl (C=O) groups is 1. The van der Waals surface area contributed by atoms with Gasteiger partial charge in [-0.25, -0.2) is 9.97 Å². The van der Waals surface area contributed by atoms with E-state index in [1.807, 2.05) is 50.2 Å². The maximum Gasteiger partial charge on any atom is 0.270 e. The van der Waals surface area contributed by atoms with Crippen molar-refractivity contribution in [1.82, 2.24) is 15.3 Å². The number of rotatable bonds is 5. The van der Waals surface area contributed by atoms with Crippen LogP contribution in [0.15, 0.2) is 52.9 Å². The fourth-order valence-electron chi connectivity index (χ4n) is 2.62. The van der Waals surface area contributed by atoms with Crippen LogP contribution in [0.3, 0.4) is 0 Å². The van der Waals surface area contributed by atoms with Crippen molar-refractivity contribution in [2.75, 3.05) is 5.73 Å². The van der Waals surface area contributed by atoms with E-state index >= 15 is 0 Å². The maximum absolute atomic E-state index is 12.6. The number of nitrogens with zero attached hydrogens (tertiary/aromatic N) is 2. The van der Waals surface area contributed by atoms with Crippen LogP contribution in [0.2, 0.25) is 0 Å². The Balaban J connectivity index is 1.85. The summed E-state index contributed by atoms with van der Waals surface area (Å²) in [4.78, 5) is 20.9. The van der Waals surface area contributed by atoms with E-state index in [1.54, 1.807) is 12.1 Å². The Bertz CT molecular complexity index is 874. The van der Waals surface area contributed by atoms with Gasteiger partial charge in [-0.15, -0.1) is 0 Å². The number of hydrogen-bond acceptors (Lipinski definition) is 5. The molecule has 0 saturated heterocycles. The van der Waals surface area contributed by atoms with Gasteiger partial charge in [-0.3, -0.25) is 4.79 Å². The van der Waals surface area contributed by atoms with Gasteiger partial charge in [0, 0.05) is 0 Å². The van der Waals surface area contributed by atoms with E-state index in [0.717, 1.165) is 17.7 Å². The van der Waals surface area contributed by atoms with Crippen molar-refractivity contribution in [3.8, 4) is 11.5 Å². The summed E-state index contributed by atoms with van der Waals surface area (Å²) >= 11 is 0. The lowest BCUT2D eigenvalue weighted by Crippen LogP contribution is -2.29. The van der Waals surface area contributed by atoms with Gasteiger partial charge in [-0.2, -0.15) is 0 Å². The molecular formula is C19H20N4O2. The molecule has 0 aliphatic carbocycles. The van der Waals surface area contributed by atoms with Crippen LogP contribution in [0.1, 0.15) is 41.2 Å². The predicted molar refractivity (Wildman–Crippen MR) is 95.8 cm³/mol. The van der Waals surface area contributed by atoms with Crippen molar-refractivity contribution < 1.29 is 9.21 Å². The van der Waals surface area contributed by atoms with Gasteiger partial charge < -0.3 is 15.5 Å². The van der Waals surface area contributed by atoms with Gasteiger partial charge in [0.05, 0.1) is 6.04 Å². The number of carbonyl (C=O) groups excluding carboxylic acids is 1. The van der Waals surface area contributed by atoms with Crippen molar-refractivity contribution in [2.45, 2.75) is 26.3 Å². The van der Waals surface area contributed by atoms with Crippen LogP contribution >= 0.6 is 0 Å². The van der Waals surface area contributed by atoms with Crippen LogP contribution in [-0.2, 0) is 0 Å². The Morgan fingerprint density at radius 3 is 2.60 bits per heavy atom. The number of amides is 1. The first-order valence-electron chi connectivity index (χ1n) is 8.14. The first-order valence-corrected chi connectivity index (χ1v) is 8.14. The Labute approximate surface area is 146 Å². The molecule has 1 atom stereocenters. The van der Waals surface area contributed by atoms with E-state index < -0.39 is 0 Å². The summed E-state index contributed by atoms with van der Waals surface area (Å²) in [6.45, 7) is 3.86. The fraction of sp³-hybridized carbons (Fsp3) is 0.211. The van der Waals surface area contributed by atoms with Crippen LogP contribution in [0, 0.1) is 6.92 Å². The Morgan fingerprint density at radius 2 is 1.96 bits per heavy atom. The third-order valence-corrected chi connectivity index (χ3v) is 3.88. The monoisotopic (exact) mass is 336 g/mol. The minimum atomic E-state index is -0.297. The number of aryl methyl sites for hydroxylation is 1. The molecule has 0 spiro atoms. The Hall–Kier alpha value is -3.15. The van der Waals surface area contributed by atoms with Crippen molar-refractivity contribution in [2.24, 2.45) is 0 Å². The molecule has 6 heteroatoms. The van der Waals surface area contributed by atoms with E-state index in [1.165, 1.54) is 0 Å². The van der Waals surface area contributed by atoms with Crippen LogP contribution in [0.4, 0.5) is 5.95 Å². The fourth-order valence-corrected chi connectivity index (χ4v) is 2.62. The van der Waals surface area contributed by atoms with Gasteiger partial charge >= 0.3 is 0 Å². The second-order valence-electron chi connectivity index (χ2n) is 5.75. The molecule has 0 fully saturated rings. The smallest absolute Gasteiger partial charge is 0.270 e. The summed E-state index contributed by atoms with van der Waals surface area (Å²) in [6.07, 6.45) is 0.764. The average Bonchev–Trinajstić information content (AvgIpc) is 3.06. The second-order valence-corrected chi connectivity index (χ2v) is 5.75. The molecule has 3 aromatic rings. The van der Waals surface area contributed by atoms with Crippen molar-refractivity contribution in [1.29, 1.82) is 0 Å². The van der Waals surface area contributed by atoms with E-state index in [9.17, 15) is 4.79 Å². The molecule has 25 heavy (non-hydrogen) atoms. The molecular weight excluding hydrogens is 316 g/mol. The summed E-state index contributed by atoms with van der Waals surface area (Å²) in [5.74, 6) is 1.04. The lowest BCUT2D eigenvalue weighted by molar-refractivity contribution is 0.0930. The Kier molecular flexibility index (Phi) is 4.79. The molecule has 0 aliphatic heterocycles. The molecule has 1 amide bonds. The number of benzene rings is 1. The molecule has 128 valence electrons. The van der Waals surface area contributed by atoms with Crippen LogP contribution in [0.5, 0.6) is 0 Å². The number of nitrogens with two attached hydrogens (primary N) is 1. The second kappa shape index (κ2) is 7.17. The first kappa shape index (κ1) is 16.7. The number of furan rings is 1. The molecule has 3 rings (SSSR count). The first-order chi connectivity index (χ1) is 12.1. The number of anilines is 1. The molecule has 0 bridgehead atoms. The van der Waals surface area contributed by atoms with Crippen molar-refractivity contribution >= 4 is 11.9 Å². The lowest BCUT2D eigenvalue weighted by atomic mass is 10.0. The standard InChI is InChI=1S/C19H20N4O2/c1-3-14(13-7-5-4-6-8-13)21-18(24)16-11-15(22-19(20)23-16)17-10-9-12(2)25-17/h4-11,14H,3H2,1-2H3,(H,21,24)(H2,20,22,23)/t14-/m1/s1. The van der Waals surface area contributed by atoms with Gasteiger partial charge in [-0.05, 0) is 37.1 Å². The summed E-state index contributed by atoms with van der Waals surface area (Å²) < 4.78 is 5.55. The maximum atomic E-state index is 12.6. The van der Waals surface area contributed by atoms with Gasteiger partial charge in [-0.1, -0.05) is 37.3 Å². The van der Waals surface area contributed by atoms with Crippen LogP contribution in [-0.4, -0.2) is 15.9 Å². The van der Waals surface area contributed by atoms with Crippen molar-refractivity contribution in [3.05, 3.63) is 65.5 Å². The zero-order valence-corrected chi connectivity index (χ0v) is 14.2. The molecule has 3 N–H and O–H groups in total. The highest BCUT2D eigenvalue weighted by atomic mass is 16.3. The summed E-state index contributed by atoms with van der Waals surface area (Å²) in [5, 5.41) is 2.99. The minimum Gasteiger partial charge on any atom is -0.460 e. The number of nitrogens with one attached hydrogen (secondary N) is 1. The molecule has 0 saturated carbocycles. The molecule has 2 heterocycles. The van der Waals surface area contributed by atoms with E-state index in [4.69, 9.17) is 10.2 Å². The molecule has 0 unspecified atom stereocenters. The highest BCUT2D eigenvalue weighted by molar-refractivity contribution is 5.93. The molecule has 1 aromatic carbocycles. The summed E-state index contributed by atoms with van der Waals surface area (Å²) in [7, 11) is 0. The molecule has 6 nitrogen and oxygen atoms in total. The van der Waals surface area contributed by atoms with Gasteiger partial charge in [0.1, 0.15) is 17.1 Å². The van der Waals surface area contributed by atoms with E-state index in [2.05, 4.69) is 15.3 Å². The van der Waals surface area contributed by atoms with Gasteiger partial charge in [0.25, 0.3) is 5.91 Å². The molecule has 0 aliphatic rings. The SMILES string of the molecule is CC[C@@H](NC(=O)c1cc(-c2ccc(C)o2)nc(N)n1)c1ccccc1. The zero-order valence-electron chi connectivity index (χ0n) is 14.2. The highest BCUT2D eigenvalue weighted by Gasteiger charge is 2.17. The van der Waals surface area contributed by atoms with Gasteiger partial charge in [0.15, 0.2) is 5.76 Å². The number of aromatic nitrogens is 2. The van der Waals surface area contributed by atoms with E-state index in [0.29, 0.717) is 11.5 Å². The van der Waals surface area contributed by atoms with Crippen molar-refractivity contribution in [3.63, 3.8) is 0 Å². The normalized spacial score (nSPS) is 11.9. The summed E-state index contributed by atoms with van der Waals surface area (Å²) in [6, 6.07) is 14.9. The Morgan fingerprint density at radius 1 is 1.20 bits per heavy atom. The van der Waals surface area contributed by atoms with Gasteiger partial charge in [0.2, 0.25) is 5.95 Å². The highest BCUT2D eigenvalue weighted by Crippen LogP contribution is 2.22. The average molecular weight is 336 g/mol. The quantitative estimate of drug-likeness (QED) is 0.743. The van der Waals surface area contributed by atoms with E-state index in [-0.39, 0.29) is 23.6 Å². The molecule has 2 aromatic heterocycles. The lowest BCUT2D eigenvalue weighted by Gasteiger charge is -2.17. The largest absolute Gasteiger partial charge is 0.460 e.